The van der Waals surface area contributed by atoms with E-state index in [2.05, 4.69) is 20.9 Å². The number of urea groups is 1. The molecule has 0 radical (unpaired) electrons. The molecule has 2 N–H and O–H groups in total. The minimum absolute atomic E-state index is 0.293. The first kappa shape index (κ1) is 12.4. The number of amidine groups is 1. The number of carbonyl (C=O) groups is 1. The van der Waals surface area contributed by atoms with E-state index in [0.29, 0.717) is 17.4 Å². The van der Waals surface area contributed by atoms with Crippen LogP contribution in [0.3, 0.4) is 0 Å². The summed E-state index contributed by atoms with van der Waals surface area (Å²) >= 11 is 9.50. The van der Waals surface area contributed by atoms with Gasteiger partial charge in [-0.15, -0.1) is 0 Å². The molecule has 1 unspecified atom stereocenters. The smallest absolute Gasteiger partial charge is 0.346 e. The number of hydrogen-bond acceptors (Lipinski definition) is 2. The highest BCUT2D eigenvalue weighted by molar-refractivity contribution is 9.10. The standard InChI is InChI=1S/C11H11BrClN3O/c1-2-16-9(10(14)15-11(16)17)7-4-3-6(12)5-8(7)13/h3-5,9H,2H2,1H3,(H2,14,15,17). The zero-order chi connectivity index (χ0) is 12.6. The maximum atomic E-state index is 11.6. The van der Waals surface area contributed by atoms with Crippen LogP contribution in [0.5, 0.6) is 0 Å². The summed E-state index contributed by atoms with van der Waals surface area (Å²) in [5.41, 5.74) is 6.59. The van der Waals surface area contributed by atoms with Gasteiger partial charge in [0.1, 0.15) is 11.9 Å². The number of hydrogen-bond donors (Lipinski definition) is 1. The number of amides is 2. The largest absolute Gasteiger partial charge is 0.385 e. The zero-order valence-electron chi connectivity index (χ0n) is 9.15. The Hall–Kier alpha value is -1.07. The number of carbonyl (C=O) groups excluding carboxylic acids is 1. The molecule has 6 heteroatoms. The van der Waals surface area contributed by atoms with E-state index in [9.17, 15) is 4.79 Å². The fourth-order valence-corrected chi connectivity index (χ4v) is 2.65. The quantitative estimate of drug-likeness (QED) is 0.912. The molecule has 90 valence electrons. The topological polar surface area (TPSA) is 58.7 Å². The van der Waals surface area contributed by atoms with Crippen molar-refractivity contribution in [2.75, 3.05) is 6.54 Å². The van der Waals surface area contributed by atoms with Gasteiger partial charge < -0.3 is 10.6 Å². The number of rotatable bonds is 2. The van der Waals surface area contributed by atoms with Gasteiger partial charge in [0.2, 0.25) is 0 Å². The normalized spacial score (nSPS) is 19.7. The Balaban J connectivity index is 2.45. The molecule has 0 spiro atoms. The number of nitrogens with two attached hydrogens (primary N) is 1. The van der Waals surface area contributed by atoms with Crippen molar-refractivity contribution in [1.82, 2.24) is 4.90 Å². The average molecular weight is 317 g/mol. The number of aliphatic imine (C=N–C) groups is 1. The number of halogens is 2. The van der Waals surface area contributed by atoms with Crippen molar-refractivity contribution < 1.29 is 4.79 Å². The molecule has 1 atom stereocenters. The van der Waals surface area contributed by atoms with Gasteiger partial charge in [-0.05, 0) is 19.1 Å². The Kier molecular flexibility index (Phi) is 3.40. The Morgan fingerprint density at radius 3 is 2.88 bits per heavy atom. The third-order valence-corrected chi connectivity index (χ3v) is 3.48. The third kappa shape index (κ3) is 2.17. The second-order valence-electron chi connectivity index (χ2n) is 3.67. The van der Waals surface area contributed by atoms with Gasteiger partial charge in [0, 0.05) is 21.6 Å². The fourth-order valence-electron chi connectivity index (χ4n) is 1.87. The molecule has 2 amide bonds. The van der Waals surface area contributed by atoms with Crippen molar-refractivity contribution in [2.24, 2.45) is 10.7 Å². The zero-order valence-corrected chi connectivity index (χ0v) is 11.5. The molecule has 1 aliphatic heterocycles. The maximum Gasteiger partial charge on any atom is 0.346 e. The highest BCUT2D eigenvalue weighted by Crippen LogP contribution is 2.33. The van der Waals surface area contributed by atoms with E-state index in [-0.39, 0.29) is 12.1 Å². The van der Waals surface area contributed by atoms with Crippen LogP contribution < -0.4 is 5.73 Å². The lowest BCUT2D eigenvalue weighted by molar-refractivity contribution is 0.210. The van der Waals surface area contributed by atoms with E-state index in [4.69, 9.17) is 17.3 Å². The van der Waals surface area contributed by atoms with E-state index in [1.165, 1.54) is 0 Å². The molecule has 1 aromatic carbocycles. The molecule has 0 saturated heterocycles. The molecule has 2 rings (SSSR count). The maximum absolute atomic E-state index is 11.6. The molecule has 0 aromatic heterocycles. The van der Waals surface area contributed by atoms with Crippen LogP contribution in [0.2, 0.25) is 5.02 Å². The van der Waals surface area contributed by atoms with Gasteiger partial charge in [-0.1, -0.05) is 33.6 Å². The summed E-state index contributed by atoms with van der Waals surface area (Å²) in [6, 6.07) is 4.83. The number of likely N-dealkylation sites (N-methyl/N-ethyl adjacent to an activating group) is 1. The summed E-state index contributed by atoms with van der Waals surface area (Å²) in [6.45, 7) is 2.42. The van der Waals surface area contributed by atoms with Crippen LogP contribution >= 0.6 is 27.5 Å². The molecule has 0 saturated carbocycles. The van der Waals surface area contributed by atoms with Crippen LogP contribution in [0, 0.1) is 0 Å². The molecule has 1 heterocycles. The van der Waals surface area contributed by atoms with E-state index < -0.39 is 0 Å². The highest BCUT2D eigenvalue weighted by Gasteiger charge is 2.34. The van der Waals surface area contributed by atoms with E-state index in [0.717, 1.165) is 10.0 Å². The highest BCUT2D eigenvalue weighted by atomic mass is 79.9. The van der Waals surface area contributed by atoms with Crippen LogP contribution in [0.25, 0.3) is 0 Å². The molecule has 0 fully saturated rings. The number of benzene rings is 1. The predicted octanol–water partition coefficient (Wildman–Crippen LogP) is 2.96. The van der Waals surface area contributed by atoms with Gasteiger partial charge in [-0.2, -0.15) is 4.99 Å². The second kappa shape index (κ2) is 4.66. The van der Waals surface area contributed by atoms with Gasteiger partial charge in [0.25, 0.3) is 0 Å². The average Bonchev–Trinajstić information content (AvgIpc) is 2.53. The van der Waals surface area contributed by atoms with Gasteiger partial charge in [0.15, 0.2) is 0 Å². The number of nitrogens with zero attached hydrogens (tertiary/aromatic N) is 2. The van der Waals surface area contributed by atoms with Gasteiger partial charge >= 0.3 is 6.03 Å². The Morgan fingerprint density at radius 2 is 2.29 bits per heavy atom. The molecular weight excluding hydrogens is 305 g/mol. The molecule has 0 bridgehead atoms. The van der Waals surface area contributed by atoms with Crippen molar-refractivity contribution in [3.05, 3.63) is 33.3 Å². The van der Waals surface area contributed by atoms with Crippen molar-refractivity contribution in [3.8, 4) is 0 Å². The first-order valence-electron chi connectivity index (χ1n) is 5.14. The van der Waals surface area contributed by atoms with Gasteiger partial charge in [-0.3, -0.25) is 0 Å². The van der Waals surface area contributed by atoms with Crippen LogP contribution in [0.1, 0.15) is 18.5 Å². The Bertz CT molecular complexity index is 503. The molecule has 1 aromatic rings. The Labute approximate surface area is 113 Å². The van der Waals surface area contributed by atoms with Crippen LogP contribution in [0.4, 0.5) is 4.79 Å². The monoisotopic (exact) mass is 315 g/mol. The Morgan fingerprint density at radius 1 is 1.59 bits per heavy atom. The van der Waals surface area contributed by atoms with Crippen molar-refractivity contribution in [3.63, 3.8) is 0 Å². The summed E-state index contributed by atoms with van der Waals surface area (Å²) < 4.78 is 0.883. The van der Waals surface area contributed by atoms with E-state index in [1.807, 2.05) is 19.1 Å². The first-order chi connectivity index (χ1) is 8.04. The SMILES string of the molecule is CCN1C(=O)N=C(N)C1c1ccc(Br)cc1Cl. The van der Waals surface area contributed by atoms with E-state index in [1.54, 1.807) is 11.0 Å². The molecular formula is C11H11BrClN3O. The van der Waals surface area contributed by atoms with Crippen molar-refractivity contribution in [2.45, 2.75) is 13.0 Å². The van der Waals surface area contributed by atoms with Crippen molar-refractivity contribution in [1.29, 1.82) is 0 Å². The fraction of sp³-hybridized carbons (Fsp3) is 0.273. The van der Waals surface area contributed by atoms with Crippen LogP contribution in [0.15, 0.2) is 27.7 Å². The minimum atomic E-state index is -0.354. The summed E-state index contributed by atoms with van der Waals surface area (Å²) in [5.74, 6) is 0.293. The van der Waals surface area contributed by atoms with Crippen LogP contribution in [-0.4, -0.2) is 23.3 Å². The predicted molar refractivity (Wildman–Crippen MR) is 71.3 cm³/mol. The lowest BCUT2D eigenvalue weighted by atomic mass is 10.1. The lowest BCUT2D eigenvalue weighted by Crippen LogP contribution is -2.33. The van der Waals surface area contributed by atoms with E-state index >= 15 is 0 Å². The van der Waals surface area contributed by atoms with Gasteiger partial charge in [0.05, 0.1) is 0 Å². The molecule has 17 heavy (non-hydrogen) atoms. The summed E-state index contributed by atoms with van der Waals surface area (Å²) in [6.07, 6.45) is 0. The molecule has 1 aliphatic rings. The summed E-state index contributed by atoms with van der Waals surface area (Å²) in [4.78, 5) is 16.9. The van der Waals surface area contributed by atoms with Crippen LogP contribution in [-0.2, 0) is 0 Å². The minimum Gasteiger partial charge on any atom is -0.385 e. The van der Waals surface area contributed by atoms with Crippen molar-refractivity contribution >= 4 is 39.4 Å². The third-order valence-electron chi connectivity index (χ3n) is 2.66. The second-order valence-corrected chi connectivity index (χ2v) is 5.00. The summed E-state index contributed by atoms with van der Waals surface area (Å²) in [7, 11) is 0. The molecule has 0 aliphatic carbocycles. The molecule has 4 nitrogen and oxygen atoms in total. The summed E-state index contributed by atoms with van der Waals surface area (Å²) in [5, 5.41) is 0.565. The first-order valence-corrected chi connectivity index (χ1v) is 6.31. The van der Waals surface area contributed by atoms with Gasteiger partial charge in [-0.25, -0.2) is 4.79 Å². The lowest BCUT2D eigenvalue weighted by Gasteiger charge is -2.23.